The van der Waals surface area contributed by atoms with Crippen molar-refractivity contribution in [2.75, 3.05) is 0 Å². The van der Waals surface area contributed by atoms with E-state index in [0.29, 0.717) is 5.88 Å². The second kappa shape index (κ2) is 6.98. The second-order valence-electron chi connectivity index (χ2n) is 4.99. The van der Waals surface area contributed by atoms with E-state index < -0.39 is 0 Å². The molecule has 0 aliphatic carbocycles. The molecule has 0 N–H and O–H groups in total. The summed E-state index contributed by atoms with van der Waals surface area (Å²) >= 11 is 14.2. The molecular formula is C17H20Cl2S. The lowest BCUT2D eigenvalue weighted by molar-refractivity contribution is 0.933. The standard InChI is InChI=1S/C17H20Cl2S/c1-4-6-16-11(3)17(15(5-2)20-16)14-8-7-13(19)9-12(14)10-18/h7-9H,4-6,10H2,1-3H3. The minimum absolute atomic E-state index is 0.497. The highest BCUT2D eigenvalue weighted by Crippen LogP contribution is 2.39. The summed E-state index contributed by atoms with van der Waals surface area (Å²) in [4.78, 5) is 2.97. The summed E-state index contributed by atoms with van der Waals surface area (Å²) < 4.78 is 0. The molecule has 1 heterocycles. The van der Waals surface area contributed by atoms with Gasteiger partial charge >= 0.3 is 0 Å². The van der Waals surface area contributed by atoms with E-state index in [4.69, 9.17) is 23.2 Å². The van der Waals surface area contributed by atoms with Crippen LogP contribution in [0.4, 0.5) is 0 Å². The van der Waals surface area contributed by atoms with E-state index in [-0.39, 0.29) is 0 Å². The number of thiophene rings is 1. The van der Waals surface area contributed by atoms with Gasteiger partial charge in [0.05, 0.1) is 0 Å². The highest BCUT2D eigenvalue weighted by Gasteiger charge is 2.17. The van der Waals surface area contributed by atoms with Gasteiger partial charge in [-0.15, -0.1) is 22.9 Å². The van der Waals surface area contributed by atoms with Gasteiger partial charge in [0.1, 0.15) is 0 Å². The zero-order valence-electron chi connectivity index (χ0n) is 12.2. The minimum Gasteiger partial charge on any atom is -0.144 e. The molecular weight excluding hydrogens is 307 g/mol. The Morgan fingerprint density at radius 1 is 1.15 bits per heavy atom. The number of aryl methyl sites for hydroxylation is 2. The van der Waals surface area contributed by atoms with Gasteiger partial charge in [-0.2, -0.15) is 0 Å². The topological polar surface area (TPSA) is 0 Å². The molecule has 0 fully saturated rings. The van der Waals surface area contributed by atoms with Crippen molar-refractivity contribution in [3.05, 3.63) is 44.1 Å². The second-order valence-corrected chi connectivity index (χ2v) is 6.88. The molecule has 0 aliphatic heterocycles. The first-order valence-corrected chi connectivity index (χ1v) is 8.81. The highest BCUT2D eigenvalue weighted by atomic mass is 35.5. The molecule has 1 aromatic heterocycles. The maximum absolute atomic E-state index is 6.11. The van der Waals surface area contributed by atoms with Crippen molar-refractivity contribution in [2.45, 2.75) is 45.9 Å². The molecule has 0 atom stereocenters. The number of halogens is 2. The van der Waals surface area contributed by atoms with Crippen LogP contribution >= 0.6 is 34.5 Å². The zero-order valence-corrected chi connectivity index (χ0v) is 14.6. The largest absolute Gasteiger partial charge is 0.144 e. The van der Waals surface area contributed by atoms with Gasteiger partial charge in [0.2, 0.25) is 0 Å². The highest BCUT2D eigenvalue weighted by molar-refractivity contribution is 7.12. The maximum Gasteiger partial charge on any atom is 0.0480 e. The Morgan fingerprint density at radius 2 is 1.90 bits per heavy atom. The number of hydrogen-bond donors (Lipinski definition) is 0. The summed E-state index contributed by atoms with van der Waals surface area (Å²) in [6.45, 7) is 6.69. The van der Waals surface area contributed by atoms with E-state index in [1.54, 1.807) is 0 Å². The van der Waals surface area contributed by atoms with Gasteiger partial charge in [-0.3, -0.25) is 0 Å². The summed E-state index contributed by atoms with van der Waals surface area (Å²) in [7, 11) is 0. The first-order valence-electron chi connectivity index (χ1n) is 7.08. The SMILES string of the molecule is CCCc1sc(CC)c(-c2ccc(Cl)cc2CCl)c1C. The van der Waals surface area contributed by atoms with Gasteiger partial charge in [0, 0.05) is 20.7 Å². The molecule has 20 heavy (non-hydrogen) atoms. The first kappa shape index (κ1) is 15.9. The van der Waals surface area contributed by atoms with Gasteiger partial charge in [0.15, 0.2) is 0 Å². The van der Waals surface area contributed by atoms with Gasteiger partial charge in [-0.05, 0) is 54.2 Å². The molecule has 0 aliphatic rings. The minimum atomic E-state index is 0.497. The molecule has 2 aromatic rings. The van der Waals surface area contributed by atoms with Crippen LogP contribution in [0.5, 0.6) is 0 Å². The summed E-state index contributed by atoms with van der Waals surface area (Å²) in [6, 6.07) is 6.06. The Kier molecular flexibility index (Phi) is 5.54. The van der Waals surface area contributed by atoms with E-state index in [2.05, 4.69) is 26.8 Å². The average molecular weight is 327 g/mol. The van der Waals surface area contributed by atoms with Crippen LogP contribution in [0.1, 0.15) is 41.1 Å². The molecule has 0 bridgehead atoms. The molecule has 0 radical (unpaired) electrons. The molecule has 0 saturated carbocycles. The third-order valence-electron chi connectivity index (χ3n) is 3.60. The number of hydrogen-bond acceptors (Lipinski definition) is 1. The molecule has 3 heteroatoms. The van der Waals surface area contributed by atoms with Crippen LogP contribution in [0.3, 0.4) is 0 Å². The van der Waals surface area contributed by atoms with Gasteiger partial charge in [-0.1, -0.05) is 37.9 Å². The third-order valence-corrected chi connectivity index (χ3v) is 5.62. The smallest absolute Gasteiger partial charge is 0.0480 e. The summed E-state index contributed by atoms with van der Waals surface area (Å²) in [6.07, 6.45) is 3.41. The Labute approximate surface area is 135 Å². The zero-order chi connectivity index (χ0) is 14.7. The third kappa shape index (κ3) is 3.05. The van der Waals surface area contributed by atoms with Crippen molar-refractivity contribution in [1.29, 1.82) is 0 Å². The van der Waals surface area contributed by atoms with Crippen molar-refractivity contribution < 1.29 is 0 Å². The Morgan fingerprint density at radius 3 is 2.50 bits per heavy atom. The van der Waals surface area contributed by atoms with Gasteiger partial charge < -0.3 is 0 Å². The summed E-state index contributed by atoms with van der Waals surface area (Å²) in [5, 5.41) is 0.754. The Balaban J connectivity index is 2.62. The van der Waals surface area contributed by atoms with E-state index in [1.165, 1.54) is 32.9 Å². The lowest BCUT2D eigenvalue weighted by Crippen LogP contribution is -1.91. The number of benzene rings is 1. The van der Waals surface area contributed by atoms with Crippen molar-refractivity contribution in [1.82, 2.24) is 0 Å². The Hall–Kier alpha value is -0.500. The molecule has 0 amide bonds. The number of alkyl halides is 1. The number of rotatable bonds is 5. The van der Waals surface area contributed by atoms with Crippen LogP contribution in [-0.2, 0) is 18.7 Å². The maximum atomic E-state index is 6.11. The quantitative estimate of drug-likeness (QED) is 0.541. The van der Waals surface area contributed by atoms with E-state index in [0.717, 1.165) is 23.4 Å². The fourth-order valence-corrected chi connectivity index (χ4v) is 4.39. The Bertz CT molecular complexity index is 599. The van der Waals surface area contributed by atoms with Crippen LogP contribution in [0.25, 0.3) is 11.1 Å². The molecule has 108 valence electrons. The molecule has 0 saturated heterocycles. The van der Waals surface area contributed by atoms with Crippen LogP contribution in [0.2, 0.25) is 5.02 Å². The first-order chi connectivity index (χ1) is 9.62. The molecule has 2 rings (SSSR count). The van der Waals surface area contributed by atoms with Crippen LogP contribution in [0, 0.1) is 6.92 Å². The molecule has 0 unspecified atom stereocenters. The van der Waals surface area contributed by atoms with Crippen molar-refractivity contribution in [3.63, 3.8) is 0 Å². The van der Waals surface area contributed by atoms with Crippen molar-refractivity contribution >= 4 is 34.5 Å². The average Bonchev–Trinajstić information content (AvgIpc) is 2.76. The summed E-state index contributed by atoms with van der Waals surface area (Å²) in [5.41, 5.74) is 5.17. The fraction of sp³-hybridized carbons (Fsp3) is 0.412. The van der Waals surface area contributed by atoms with Gasteiger partial charge in [0.25, 0.3) is 0 Å². The predicted octanol–water partition coefficient (Wildman–Crippen LogP) is 6.63. The van der Waals surface area contributed by atoms with Crippen LogP contribution in [-0.4, -0.2) is 0 Å². The lowest BCUT2D eigenvalue weighted by atomic mass is 9.95. The lowest BCUT2D eigenvalue weighted by Gasteiger charge is -2.10. The van der Waals surface area contributed by atoms with E-state index in [9.17, 15) is 0 Å². The van der Waals surface area contributed by atoms with Crippen LogP contribution < -0.4 is 0 Å². The van der Waals surface area contributed by atoms with E-state index >= 15 is 0 Å². The van der Waals surface area contributed by atoms with E-state index in [1.807, 2.05) is 23.5 Å². The normalized spacial score (nSPS) is 11.1. The summed E-state index contributed by atoms with van der Waals surface area (Å²) in [5.74, 6) is 0.497. The molecule has 0 spiro atoms. The predicted molar refractivity (Wildman–Crippen MR) is 92.4 cm³/mol. The van der Waals surface area contributed by atoms with Crippen LogP contribution in [0.15, 0.2) is 18.2 Å². The molecule has 1 aromatic carbocycles. The van der Waals surface area contributed by atoms with Gasteiger partial charge in [-0.25, -0.2) is 0 Å². The monoisotopic (exact) mass is 326 g/mol. The van der Waals surface area contributed by atoms with Crippen molar-refractivity contribution in [2.24, 2.45) is 0 Å². The molecule has 0 nitrogen and oxygen atoms in total. The fourth-order valence-electron chi connectivity index (χ4n) is 2.61. The van der Waals surface area contributed by atoms with Crippen molar-refractivity contribution in [3.8, 4) is 11.1 Å².